The number of rotatable bonds is 2. The van der Waals surface area contributed by atoms with Crippen molar-refractivity contribution in [2.45, 2.75) is 23.8 Å². The van der Waals surface area contributed by atoms with Gasteiger partial charge >= 0.3 is 0 Å². The Kier molecular flexibility index (Phi) is 3.54. The molecule has 0 radical (unpaired) electrons. The minimum atomic E-state index is 0.449. The number of aryl methyl sites for hydroxylation is 2. The first-order valence-corrected chi connectivity index (χ1v) is 6.33. The number of anilines is 1. The Bertz CT molecular complexity index is 629. The quantitative estimate of drug-likeness (QED) is 0.894. The van der Waals surface area contributed by atoms with Gasteiger partial charge in [-0.15, -0.1) is 0 Å². The summed E-state index contributed by atoms with van der Waals surface area (Å²) in [5.74, 6) is 0. The Labute approximate surface area is 111 Å². The molecule has 0 spiro atoms. The van der Waals surface area contributed by atoms with E-state index < -0.39 is 0 Å². The lowest BCUT2D eigenvalue weighted by molar-refractivity contribution is 1.13. The van der Waals surface area contributed by atoms with Crippen LogP contribution in [0.4, 0.5) is 5.69 Å². The first kappa shape index (κ1) is 12.5. The van der Waals surface area contributed by atoms with Crippen LogP contribution in [0.5, 0.6) is 0 Å². The van der Waals surface area contributed by atoms with Crippen LogP contribution in [-0.4, -0.2) is 4.98 Å². The number of benzene rings is 1. The summed E-state index contributed by atoms with van der Waals surface area (Å²) in [5.41, 5.74) is 9.24. The van der Waals surface area contributed by atoms with Crippen molar-refractivity contribution in [1.82, 2.24) is 4.98 Å². The van der Waals surface area contributed by atoms with Crippen molar-refractivity contribution in [3.8, 4) is 6.07 Å². The molecular weight excluding hydrogens is 242 g/mol. The van der Waals surface area contributed by atoms with Gasteiger partial charge in [-0.2, -0.15) is 5.26 Å². The van der Waals surface area contributed by atoms with Crippen molar-refractivity contribution in [1.29, 1.82) is 5.26 Å². The lowest BCUT2D eigenvalue weighted by Gasteiger charge is -2.08. The third-order valence-electron chi connectivity index (χ3n) is 2.61. The summed E-state index contributed by atoms with van der Waals surface area (Å²) in [7, 11) is 0. The highest BCUT2D eigenvalue weighted by Gasteiger charge is 2.09. The summed E-state index contributed by atoms with van der Waals surface area (Å²) in [6.45, 7) is 4.12. The maximum Gasteiger partial charge on any atom is 0.125 e. The van der Waals surface area contributed by atoms with Gasteiger partial charge in [0, 0.05) is 11.1 Å². The van der Waals surface area contributed by atoms with Crippen LogP contribution in [0.2, 0.25) is 0 Å². The minimum Gasteiger partial charge on any atom is -0.395 e. The van der Waals surface area contributed by atoms with Gasteiger partial charge in [0.15, 0.2) is 0 Å². The fourth-order valence-electron chi connectivity index (χ4n) is 1.65. The van der Waals surface area contributed by atoms with E-state index in [2.05, 4.69) is 43.1 Å². The van der Waals surface area contributed by atoms with E-state index in [4.69, 9.17) is 11.0 Å². The van der Waals surface area contributed by atoms with Gasteiger partial charge in [0.2, 0.25) is 0 Å². The van der Waals surface area contributed by atoms with Crippen LogP contribution in [0.25, 0.3) is 0 Å². The molecule has 0 aliphatic rings. The van der Waals surface area contributed by atoms with Gasteiger partial charge in [0.25, 0.3) is 0 Å². The average Bonchev–Trinajstić information content (AvgIpc) is 2.35. The third kappa shape index (κ3) is 2.47. The van der Waals surface area contributed by atoms with Gasteiger partial charge in [-0.25, -0.2) is 4.98 Å². The molecule has 0 unspecified atom stereocenters. The van der Waals surface area contributed by atoms with E-state index in [9.17, 15) is 0 Å². The molecule has 0 saturated carbocycles. The molecule has 2 rings (SSSR count). The normalized spacial score (nSPS) is 10.1. The first-order chi connectivity index (χ1) is 8.61. The highest BCUT2D eigenvalue weighted by Crippen LogP contribution is 2.33. The third-order valence-corrected chi connectivity index (χ3v) is 3.81. The molecule has 1 heterocycles. The zero-order chi connectivity index (χ0) is 13.1. The lowest BCUT2D eigenvalue weighted by atomic mass is 10.2. The molecule has 3 nitrogen and oxygen atoms in total. The second-order valence-corrected chi connectivity index (χ2v) is 5.09. The molecular formula is C14H13N3S. The standard InChI is InChI=1S/C14H13N3S/c1-9-3-4-12(10(2)7-9)18-14-13(16)11(8-15)5-6-17-14/h3-7H,16H2,1-2H3. The Hall–Kier alpha value is -1.99. The zero-order valence-corrected chi connectivity index (χ0v) is 11.1. The number of hydrogen-bond acceptors (Lipinski definition) is 4. The number of aromatic nitrogens is 1. The van der Waals surface area contributed by atoms with Crippen LogP contribution in [0.15, 0.2) is 40.4 Å². The van der Waals surface area contributed by atoms with E-state index in [1.165, 1.54) is 22.9 Å². The van der Waals surface area contributed by atoms with E-state index in [0.29, 0.717) is 16.3 Å². The molecule has 4 heteroatoms. The average molecular weight is 255 g/mol. The maximum atomic E-state index is 8.93. The molecule has 1 aromatic carbocycles. The maximum absolute atomic E-state index is 8.93. The van der Waals surface area contributed by atoms with Crippen molar-refractivity contribution in [3.63, 3.8) is 0 Å². The summed E-state index contributed by atoms with van der Waals surface area (Å²) in [6.07, 6.45) is 1.61. The van der Waals surface area contributed by atoms with Crippen molar-refractivity contribution >= 4 is 17.4 Å². The molecule has 1 aromatic heterocycles. The largest absolute Gasteiger partial charge is 0.395 e. The predicted molar refractivity (Wildman–Crippen MR) is 73.4 cm³/mol. The van der Waals surface area contributed by atoms with Crippen molar-refractivity contribution in [3.05, 3.63) is 47.2 Å². The van der Waals surface area contributed by atoms with Gasteiger partial charge < -0.3 is 5.73 Å². The molecule has 0 amide bonds. The molecule has 0 atom stereocenters. The van der Waals surface area contributed by atoms with Crippen LogP contribution in [0.3, 0.4) is 0 Å². The second kappa shape index (κ2) is 5.11. The summed E-state index contributed by atoms with van der Waals surface area (Å²) >= 11 is 1.49. The minimum absolute atomic E-state index is 0.449. The van der Waals surface area contributed by atoms with Crippen molar-refractivity contribution in [2.75, 3.05) is 5.73 Å². The fraction of sp³-hybridized carbons (Fsp3) is 0.143. The van der Waals surface area contributed by atoms with Gasteiger partial charge in [0.1, 0.15) is 11.1 Å². The Morgan fingerprint density at radius 3 is 2.72 bits per heavy atom. The highest BCUT2D eigenvalue weighted by molar-refractivity contribution is 7.99. The van der Waals surface area contributed by atoms with E-state index >= 15 is 0 Å². The van der Waals surface area contributed by atoms with Crippen LogP contribution in [0.1, 0.15) is 16.7 Å². The number of hydrogen-bond donors (Lipinski definition) is 1. The van der Waals surface area contributed by atoms with Crippen molar-refractivity contribution in [2.24, 2.45) is 0 Å². The number of nitrogen functional groups attached to an aromatic ring is 1. The Morgan fingerprint density at radius 1 is 1.28 bits per heavy atom. The van der Waals surface area contributed by atoms with Crippen LogP contribution >= 0.6 is 11.8 Å². The SMILES string of the molecule is Cc1ccc(Sc2nccc(C#N)c2N)c(C)c1. The van der Waals surface area contributed by atoms with E-state index in [-0.39, 0.29) is 0 Å². The van der Waals surface area contributed by atoms with E-state index in [0.717, 1.165) is 4.90 Å². The molecule has 0 aliphatic heterocycles. The summed E-state index contributed by atoms with van der Waals surface area (Å²) < 4.78 is 0. The summed E-state index contributed by atoms with van der Waals surface area (Å²) in [4.78, 5) is 5.34. The molecule has 2 N–H and O–H groups in total. The summed E-state index contributed by atoms with van der Waals surface area (Å²) in [6, 6.07) is 9.92. The highest BCUT2D eigenvalue weighted by atomic mass is 32.2. The smallest absolute Gasteiger partial charge is 0.125 e. The first-order valence-electron chi connectivity index (χ1n) is 5.51. The van der Waals surface area contributed by atoms with E-state index in [1.807, 2.05) is 0 Å². The Balaban J connectivity index is 2.38. The molecule has 0 aliphatic carbocycles. The number of pyridine rings is 1. The molecule has 0 saturated heterocycles. The fourth-order valence-corrected chi connectivity index (χ4v) is 2.55. The number of nitrogens with two attached hydrogens (primary N) is 1. The van der Waals surface area contributed by atoms with Crippen LogP contribution in [-0.2, 0) is 0 Å². The monoisotopic (exact) mass is 255 g/mol. The van der Waals surface area contributed by atoms with Gasteiger partial charge in [0.05, 0.1) is 11.3 Å². The molecule has 0 bridgehead atoms. The molecule has 0 fully saturated rings. The number of nitriles is 1. The molecule has 18 heavy (non-hydrogen) atoms. The van der Waals surface area contributed by atoms with Crippen molar-refractivity contribution < 1.29 is 0 Å². The van der Waals surface area contributed by atoms with Gasteiger partial charge in [-0.3, -0.25) is 0 Å². The van der Waals surface area contributed by atoms with Gasteiger partial charge in [-0.05, 0) is 31.5 Å². The second-order valence-electron chi connectivity index (χ2n) is 4.06. The Morgan fingerprint density at radius 2 is 2.06 bits per heavy atom. The topological polar surface area (TPSA) is 62.7 Å². The van der Waals surface area contributed by atoms with Crippen LogP contribution in [0, 0.1) is 25.2 Å². The molecule has 90 valence electrons. The molecule has 2 aromatic rings. The zero-order valence-electron chi connectivity index (χ0n) is 10.3. The summed E-state index contributed by atoms with van der Waals surface area (Å²) in [5, 5.41) is 9.61. The van der Waals surface area contributed by atoms with Crippen LogP contribution < -0.4 is 5.73 Å². The van der Waals surface area contributed by atoms with Gasteiger partial charge in [-0.1, -0.05) is 29.5 Å². The lowest BCUT2D eigenvalue weighted by Crippen LogP contribution is -1.95. The predicted octanol–water partition coefficient (Wildman–Crippen LogP) is 3.30. The van der Waals surface area contributed by atoms with E-state index in [1.54, 1.807) is 12.3 Å². The number of nitrogens with zero attached hydrogens (tertiary/aromatic N) is 2.